The lowest BCUT2D eigenvalue weighted by molar-refractivity contribution is 0.0735. The zero-order chi connectivity index (χ0) is 15.0. The first-order valence-electron chi connectivity index (χ1n) is 6.45. The van der Waals surface area contributed by atoms with Gasteiger partial charge in [-0.25, -0.2) is 9.37 Å². The number of hydrogen-bond donors (Lipinski definition) is 2. The average Bonchev–Trinajstić information content (AvgIpc) is 2.76. The van der Waals surface area contributed by atoms with Crippen molar-refractivity contribution < 1.29 is 9.50 Å². The van der Waals surface area contributed by atoms with Gasteiger partial charge in [-0.15, -0.1) is 0 Å². The Bertz CT molecular complexity index is 686. The Labute approximate surface area is 121 Å². The van der Waals surface area contributed by atoms with Crippen LogP contribution in [-0.4, -0.2) is 28.4 Å². The van der Waals surface area contributed by atoms with E-state index >= 15 is 0 Å². The number of aliphatic hydroxyl groups is 1. The quantitative estimate of drug-likeness (QED) is 0.881. The summed E-state index contributed by atoms with van der Waals surface area (Å²) >= 11 is 0. The van der Waals surface area contributed by atoms with E-state index in [4.69, 9.17) is 5.73 Å². The molecular formula is C15H15FN4O. The summed E-state index contributed by atoms with van der Waals surface area (Å²) in [5.41, 5.74) is 8.00. The molecule has 0 saturated carbocycles. The maximum Gasteiger partial charge on any atom is 0.211 e. The molecule has 0 aliphatic carbocycles. The van der Waals surface area contributed by atoms with Crippen molar-refractivity contribution in [3.63, 3.8) is 0 Å². The minimum atomic E-state index is -0.861. The molecule has 3 N–H and O–H groups in total. The Morgan fingerprint density at radius 3 is 2.62 bits per heavy atom. The number of nitrogens with two attached hydrogens (primary N) is 1. The van der Waals surface area contributed by atoms with Crippen molar-refractivity contribution in [3.8, 4) is 0 Å². The molecule has 21 heavy (non-hydrogen) atoms. The molecule has 1 unspecified atom stereocenters. The molecule has 2 aromatic rings. The fourth-order valence-electron chi connectivity index (χ4n) is 2.32. The van der Waals surface area contributed by atoms with E-state index in [0.29, 0.717) is 11.5 Å². The molecule has 0 saturated heterocycles. The van der Waals surface area contributed by atoms with Gasteiger partial charge in [-0.05, 0) is 36.4 Å². The first-order chi connectivity index (χ1) is 10.1. The van der Waals surface area contributed by atoms with E-state index in [1.807, 2.05) is 12.3 Å². The van der Waals surface area contributed by atoms with E-state index in [0.717, 1.165) is 11.3 Å². The second-order valence-corrected chi connectivity index (χ2v) is 4.84. The summed E-state index contributed by atoms with van der Waals surface area (Å²) < 4.78 is 13.1. The minimum absolute atomic E-state index is 0.320. The van der Waals surface area contributed by atoms with E-state index in [1.165, 1.54) is 12.1 Å². The van der Waals surface area contributed by atoms with Gasteiger partial charge in [-0.1, -0.05) is 0 Å². The molecule has 1 aliphatic heterocycles. The second-order valence-electron chi connectivity index (χ2n) is 4.84. The molecule has 108 valence electrons. The third kappa shape index (κ3) is 2.41. The van der Waals surface area contributed by atoms with E-state index in [1.54, 1.807) is 41.2 Å². The van der Waals surface area contributed by atoms with Gasteiger partial charge in [0.2, 0.25) is 6.35 Å². The fourth-order valence-corrected chi connectivity index (χ4v) is 2.32. The number of nitrogen functional groups attached to an aromatic ring is 1. The van der Waals surface area contributed by atoms with Gasteiger partial charge in [0, 0.05) is 30.7 Å². The summed E-state index contributed by atoms with van der Waals surface area (Å²) in [4.78, 5) is 7.33. The van der Waals surface area contributed by atoms with Gasteiger partial charge in [-0.2, -0.15) is 0 Å². The van der Waals surface area contributed by atoms with Crippen molar-refractivity contribution in [1.29, 1.82) is 0 Å². The average molecular weight is 286 g/mol. The largest absolute Gasteiger partial charge is 0.384 e. The summed E-state index contributed by atoms with van der Waals surface area (Å²) in [6.07, 6.45) is 2.56. The number of halogens is 1. The predicted octanol–water partition coefficient (Wildman–Crippen LogP) is 1.83. The fraction of sp³-hybridized carbons (Fsp3) is 0.133. The number of aromatic nitrogens is 1. The van der Waals surface area contributed by atoms with Crippen LogP contribution in [0.1, 0.15) is 5.56 Å². The Morgan fingerprint density at radius 2 is 1.95 bits per heavy atom. The van der Waals surface area contributed by atoms with Crippen LogP contribution in [0.25, 0.3) is 5.70 Å². The van der Waals surface area contributed by atoms with Crippen LogP contribution in [0.5, 0.6) is 0 Å². The number of hydrogen-bond acceptors (Lipinski definition) is 5. The van der Waals surface area contributed by atoms with Crippen LogP contribution in [-0.2, 0) is 0 Å². The monoisotopic (exact) mass is 286 g/mol. The maximum atomic E-state index is 13.1. The Hall–Kier alpha value is -2.60. The molecule has 0 radical (unpaired) electrons. The third-order valence-electron chi connectivity index (χ3n) is 3.36. The first-order valence-corrected chi connectivity index (χ1v) is 6.45. The highest BCUT2D eigenvalue weighted by Gasteiger charge is 2.30. The molecule has 1 aliphatic rings. The normalized spacial score (nSPS) is 18.0. The van der Waals surface area contributed by atoms with Gasteiger partial charge >= 0.3 is 0 Å². The van der Waals surface area contributed by atoms with Crippen LogP contribution in [0.15, 0.2) is 48.8 Å². The standard InChI is InChI=1S/C15H15FN4O/c1-19-9-13(10-6-7-18-14(17)8-10)20(15(19)21)12-4-2-11(16)3-5-12/h2-9,15,21H,1H3,(H2,17,18). The van der Waals surface area contributed by atoms with Gasteiger partial charge in [0.05, 0.1) is 5.70 Å². The number of benzene rings is 1. The number of rotatable bonds is 2. The lowest BCUT2D eigenvalue weighted by Crippen LogP contribution is -2.37. The molecule has 1 aromatic heterocycles. The van der Waals surface area contributed by atoms with E-state index in [9.17, 15) is 9.50 Å². The van der Waals surface area contributed by atoms with Gasteiger partial charge < -0.3 is 15.7 Å². The molecule has 0 spiro atoms. The van der Waals surface area contributed by atoms with Gasteiger partial charge in [0.25, 0.3) is 0 Å². The topological polar surface area (TPSA) is 65.6 Å². The van der Waals surface area contributed by atoms with Crippen molar-refractivity contribution in [3.05, 3.63) is 60.2 Å². The van der Waals surface area contributed by atoms with Crippen molar-refractivity contribution >= 4 is 17.2 Å². The number of anilines is 2. The molecule has 6 heteroatoms. The summed E-state index contributed by atoms with van der Waals surface area (Å²) in [5.74, 6) is 0.0796. The van der Waals surface area contributed by atoms with Crippen LogP contribution in [0.3, 0.4) is 0 Å². The van der Waals surface area contributed by atoms with Crippen molar-refractivity contribution in [2.45, 2.75) is 6.35 Å². The third-order valence-corrected chi connectivity index (χ3v) is 3.36. The van der Waals surface area contributed by atoms with Crippen LogP contribution in [0, 0.1) is 5.82 Å². The summed E-state index contributed by atoms with van der Waals surface area (Å²) in [5, 5.41) is 10.3. The van der Waals surface area contributed by atoms with Gasteiger partial charge in [0.1, 0.15) is 11.6 Å². The van der Waals surface area contributed by atoms with Crippen LogP contribution >= 0.6 is 0 Å². The highest BCUT2D eigenvalue weighted by molar-refractivity contribution is 5.81. The number of pyridine rings is 1. The van der Waals surface area contributed by atoms with E-state index in [-0.39, 0.29) is 5.82 Å². The van der Waals surface area contributed by atoms with E-state index in [2.05, 4.69) is 4.98 Å². The minimum Gasteiger partial charge on any atom is -0.384 e. The first kappa shape index (κ1) is 13.4. The number of nitrogens with zero attached hydrogens (tertiary/aromatic N) is 3. The second kappa shape index (κ2) is 5.06. The smallest absolute Gasteiger partial charge is 0.211 e. The lowest BCUT2D eigenvalue weighted by atomic mass is 10.1. The van der Waals surface area contributed by atoms with Gasteiger partial charge in [0.15, 0.2) is 0 Å². The summed E-state index contributed by atoms with van der Waals surface area (Å²) in [6, 6.07) is 9.50. The Kier molecular flexibility index (Phi) is 3.23. The molecule has 1 atom stereocenters. The molecule has 0 fully saturated rings. The van der Waals surface area contributed by atoms with E-state index < -0.39 is 6.35 Å². The molecule has 2 heterocycles. The highest BCUT2D eigenvalue weighted by Crippen LogP contribution is 2.34. The summed E-state index contributed by atoms with van der Waals surface area (Å²) in [7, 11) is 1.76. The molecule has 5 nitrogen and oxygen atoms in total. The highest BCUT2D eigenvalue weighted by atomic mass is 19.1. The predicted molar refractivity (Wildman–Crippen MR) is 79.3 cm³/mol. The molecular weight excluding hydrogens is 271 g/mol. The van der Waals surface area contributed by atoms with Crippen molar-refractivity contribution in [2.75, 3.05) is 17.7 Å². The Morgan fingerprint density at radius 1 is 1.24 bits per heavy atom. The maximum absolute atomic E-state index is 13.1. The van der Waals surface area contributed by atoms with Gasteiger partial charge in [-0.3, -0.25) is 4.90 Å². The zero-order valence-electron chi connectivity index (χ0n) is 11.4. The molecule has 0 bridgehead atoms. The van der Waals surface area contributed by atoms with Crippen molar-refractivity contribution in [2.24, 2.45) is 0 Å². The Balaban J connectivity index is 2.05. The SMILES string of the molecule is CN1C=C(c2ccnc(N)c2)N(c2ccc(F)cc2)C1O. The van der Waals surface area contributed by atoms with Crippen LogP contribution in [0.2, 0.25) is 0 Å². The molecule has 3 rings (SSSR count). The number of aliphatic hydroxyl groups excluding tert-OH is 1. The van der Waals surface area contributed by atoms with Crippen LogP contribution < -0.4 is 10.6 Å². The zero-order valence-corrected chi connectivity index (χ0v) is 11.4. The van der Waals surface area contributed by atoms with Crippen molar-refractivity contribution in [1.82, 2.24) is 9.88 Å². The molecule has 0 amide bonds. The lowest BCUT2D eigenvalue weighted by Gasteiger charge is -2.28. The molecule has 1 aromatic carbocycles. The van der Waals surface area contributed by atoms with Crippen LogP contribution in [0.4, 0.5) is 15.9 Å². The summed E-state index contributed by atoms with van der Waals surface area (Å²) in [6.45, 7) is 0.